The Hall–Kier alpha value is -4.14. The van der Waals surface area contributed by atoms with E-state index >= 15 is 0 Å². The van der Waals surface area contributed by atoms with Crippen LogP contribution in [0.25, 0.3) is 0 Å². The molecule has 0 aliphatic rings. The van der Waals surface area contributed by atoms with Crippen LogP contribution in [0.3, 0.4) is 0 Å². The van der Waals surface area contributed by atoms with Gasteiger partial charge in [-0.3, -0.25) is 13.9 Å². The van der Waals surface area contributed by atoms with Crippen molar-refractivity contribution in [3.05, 3.63) is 130 Å². The van der Waals surface area contributed by atoms with Crippen molar-refractivity contribution in [3.8, 4) is 0 Å². The Morgan fingerprint density at radius 1 is 0.822 bits per heavy atom. The summed E-state index contributed by atoms with van der Waals surface area (Å²) >= 11 is 6.06. The molecular formula is C36H40ClN3O4S. The number of hydrogen-bond donors (Lipinski definition) is 1. The number of unbranched alkanes of at least 4 members (excludes halogenated alkanes) is 1. The van der Waals surface area contributed by atoms with Gasteiger partial charge in [0, 0.05) is 24.5 Å². The molecule has 0 spiro atoms. The van der Waals surface area contributed by atoms with Gasteiger partial charge in [-0.25, -0.2) is 8.42 Å². The average molecular weight is 646 g/mol. The molecule has 2 amide bonds. The van der Waals surface area contributed by atoms with Gasteiger partial charge in [-0.15, -0.1) is 0 Å². The molecule has 9 heteroatoms. The fraction of sp³-hybridized carbons (Fsp3) is 0.278. The summed E-state index contributed by atoms with van der Waals surface area (Å²) in [6.07, 6.45) is 1.98. The minimum absolute atomic E-state index is 0.00411. The van der Waals surface area contributed by atoms with Crippen molar-refractivity contribution in [1.82, 2.24) is 10.2 Å². The van der Waals surface area contributed by atoms with Crippen molar-refractivity contribution in [2.75, 3.05) is 17.4 Å². The third-order valence-corrected chi connectivity index (χ3v) is 9.58. The van der Waals surface area contributed by atoms with Crippen molar-refractivity contribution >= 4 is 39.1 Å². The van der Waals surface area contributed by atoms with E-state index in [1.54, 1.807) is 18.2 Å². The second-order valence-corrected chi connectivity index (χ2v) is 13.5. The van der Waals surface area contributed by atoms with Gasteiger partial charge in [0.25, 0.3) is 10.0 Å². The topological polar surface area (TPSA) is 86.8 Å². The highest BCUT2D eigenvalue weighted by atomic mass is 35.5. The van der Waals surface area contributed by atoms with Crippen LogP contribution in [0.4, 0.5) is 5.69 Å². The number of carbonyl (C=O) groups is 2. The van der Waals surface area contributed by atoms with Gasteiger partial charge >= 0.3 is 0 Å². The van der Waals surface area contributed by atoms with E-state index in [0.717, 1.165) is 39.4 Å². The van der Waals surface area contributed by atoms with Crippen LogP contribution in [0.5, 0.6) is 0 Å². The molecule has 4 aromatic carbocycles. The van der Waals surface area contributed by atoms with E-state index in [9.17, 15) is 18.0 Å². The zero-order chi connectivity index (χ0) is 32.4. The summed E-state index contributed by atoms with van der Waals surface area (Å²) in [6.45, 7) is 5.98. The Morgan fingerprint density at radius 3 is 2.16 bits per heavy atom. The first-order chi connectivity index (χ1) is 21.6. The van der Waals surface area contributed by atoms with Crippen LogP contribution >= 0.6 is 11.6 Å². The predicted molar refractivity (Wildman–Crippen MR) is 181 cm³/mol. The SMILES string of the molecule is CCCCNC(=O)[C@H](Cc1ccccc1)N(Cc1ccc(C)cc1)C(=O)CN(c1cccc(C)c1)S(=O)(=O)c1ccc(Cl)cc1. The van der Waals surface area contributed by atoms with Gasteiger partial charge < -0.3 is 10.2 Å². The number of hydrogen-bond acceptors (Lipinski definition) is 4. The second kappa shape index (κ2) is 15.7. The van der Waals surface area contributed by atoms with Crippen LogP contribution in [-0.4, -0.2) is 44.3 Å². The Balaban J connectivity index is 1.78. The lowest BCUT2D eigenvalue weighted by Crippen LogP contribution is -2.53. The number of benzene rings is 4. The zero-order valence-corrected chi connectivity index (χ0v) is 27.5. The number of halogens is 1. The highest BCUT2D eigenvalue weighted by Gasteiger charge is 2.34. The minimum atomic E-state index is -4.19. The van der Waals surface area contributed by atoms with Crippen LogP contribution in [-0.2, 0) is 32.6 Å². The maximum absolute atomic E-state index is 14.5. The molecule has 0 radical (unpaired) electrons. The molecule has 0 bridgehead atoms. The number of anilines is 1. The molecule has 4 rings (SSSR count). The number of nitrogens with one attached hydrogen (secondary N) is 1. The van der Waals surface area contributed by atoms with E-state index in [1.165, 1.54) is 29.2 Å². The third kappa shape index (κ3) is 9.19. The summed E-state index contributed by atoms with van der Waals surface area (Å²) in [7, 11) is -4.19. The van der Waals surface area contributed by atoms with E-state index in [2.05, 4.69) is 5.32 Å². The smallest absolute Gasteiger partial charge is 0.264 e. The molecule has 1 atom stereocenters. The highest BCUT2D eigenvalue weighted by molar-refractivity contribution is 7.92. The van der Waals surface area contributed by atoms with Gasteiger partial charge in [0.1, 0.15) is 12.6 Å². The second-order valence-electron chi connectivity index (χ2n) is 11.2. The maximum Gasteiger partial charge on any atom is 0.264 e. The van der Waals surface area contributed by atoms with Gasteiger partial charge in [-0.1, -0.05) is 97.2 Å². The van der Waals surface area contributed by atoms with E-state index in [4.69, 9.17) is 11.6 Å². The summed E-state index contributed by atoms with van der Waals surface area (Å²) in [4.78, 5) is 29.8. The highest BCUT2D eigenvalue weighted by Crippen LogP contribution is 2.27. The number of sulfonamides is 1. The third-order valence-electron chi connectivity index (χ3n) is 7.54. The van der Waals surface area contributed by atoms with Crippen LogP contribution in [0.2, 0.25) is 5.02 Å². The largest absolute Gasteiger partial charge is 0.354 e. The lowest BCUT2D eigenvalue weighted by molar-refractivity contribution is -0.140. The van der Waals surface area contributed by atoms with E-state index in [1.807, 2.05) is 81.4 Å². The van der Waals surface area contributed by atoms with Gasteiger partial charge in [0.15, 0.2) is 0 Å². The molecule has 0 aliphatic heterocycles. The fourth-order valence-corrected chi connectivity index (χ4v) is 6.53. The molecule has 0 unspecified atom stereocenters. The Labute approximate surface area is 271 Å². The summed E-state index contributed by atoms with van der Waals surface area (Å²) in [5.74, 6) is -0.781. The van der Waals surface area contributed by atoms with Crippen LogP contribution in [0.15, 0.2) is 108 Å². The monoisotopic (exact) mass is 645 g/mol. The standard InChI is InChI=1S/C36H40ClN3O4S/c1-4-5-22-38-36(42)34(24-29-11-7-6-8-12-29)39(25-30-16-14-27(2)15-17-30)35(41)26-40(32-13-9-10-28(3)23-32)45(43,44)33-20-18-31(37)19-21-33/h6-21,23,34H,4-5,22,24-26H2,1-3H3,(H,38,42)/t34-/m0/s1. The zero-order valence-electron chi connectivity index (χ0n) is 25.9. The van der Waals surface area contributed by atoms with E-state index in [-0.39, 0.29) is 23.8 Å². The van der Waals surface area contributed by atoms with Crippen molar-refractivity contribution < 1.29 is 18.0 Å². The number of nitrogens with zero attached hydrogens (tertiary/aromatic N) is 2. The molecule has 0 fully saturated rings. The van der Waals surface area contributed by atoms with Crippen molar-refractivity contribution in [2.24, 2.45) is 0 Å². The number of rotatable bonds is 14. The Kier molecular flexibility index (Phi) is 11.8. The number of aryl methyl sites for hydroxylation is 2. The van der Waals surface area contributed by atoms with Crippen molar-refractivity contribution in [2.45, 2.75) is 57.5 Å². The molecule has 0 saturated carbocycles. The van der Waals surface area contributed by atoms with Crippen LogP contribution < -0.4 is 9.62 Å². The van der Waals surface area contributed by atoms with E-state index in [0.29, 0.717) is 17.3 Å². The van der Waals surface area contributed by atoms with Gasteiger partial charge in [-0.05, 0) is 73.4 Å². The number of carbonyl (C=O) groups excluding carboxylic acids is 2. The quantitative estimate of drug-likeness (QED) is 0.155. The lowest BCUT2D eigenvalue weighted by Gasteiger charge is -2.34. The van der Waals surface area contributed by atoms with E-state index < -0.39 is 28.5 Å². The summed E-state index contributed by atoms with van der Waals surface area (Å²) in [5, 5.41) is 3.41. The molecule has 0 heterocycles. The van der Waals surface area contributed by atoms with Gasteiger partial charge in [-0.2, -0.15) is 0 Å². The summed E-state index contributed by atoms with van der Waals surface area (Å²) in [6, 6.07) is 29.3. The molecule has 236 valence electrons. The summed E-state index contributed by atoms with van der Waals surface area (Å²) < 4.78 is 29.3. The fourth-order valence-electron chi connectivity index (χ4n) is 5.00. The molecular weight excluding hydrogens is 606 g/mol. The normalized spacial score (nSPS) is 11.9. The molecule has 0 saturated heterocycles. The maximum atomic E-state index is 14.5. The molecule has 45 heavy (non-hydrogen) atoms. The van der Waals surface area contributed by atoms with Crippen LogP contribution in [0, 0.1) is 13.8 Å². The molecule has 4 aromatic rings. The van der Waals surface area contributed by atoms with Crippen LogP contribution in [0.1, 0.15) is 42.0 Å². The van der Waals surface area contributed by atoms with Gasteiger partial charge in [0.05, 0.1) is 10.6 Å². The first-order valence-electron chi connectivity index (χ1n) is 15.1. The average Bonchev–Trinajstić information content (AvgIpc) is 3.03. The first kappa shape index (κ1) is 33.7. The molecule has 0 aliphatic carbocycles. The lowest BCUT2D eigenvalue weighted by atomic mass is 10.0. The van der Waals surface area contributed by atoms with Crippen molar-refractivity contribution in [3.63, 3.8) is 0 Å². The van der Waals surface area contributed by atoms with Crippen molar-refractivity contribution in [1.29, 1.82) is 0 Å². The number of amides is 2. The molecule has 7 nitrogen and oxygen atoms in total. The Morgan fingerprint density at radius 2 is 1.51 bits per heavy atom. The minimum Gasteiger partial charge on any atom is -0.354 e. The molecule has 0 aromatic heterocycles. The molecule has 1 N–H and O–H groups in total. The predicted octanol–water partition coefficient (Wildman–Crippen LogP) is 6.71. The first-order valence-corrected chi connectivity index (χ1v) is 16.9. The van der Waals surface area contributed by atoms with Gasteiger partial charge in [0.2, 0.25) is 11.8 Å². The summed E-state index contributed by atoms with van der Waals surface area (Å²) in [5.41, 5.74) is 3.97. The Bertz CT molecular complexity index is 1680.